The molecule has 0 N–H and O–H groups in total. The maximum absolute atomic E-state index is 8.24. The summed E-state index contributed by atoms with van der Waals surface area (Å²) in [7, 11) is 0. The number of nitrogens with zero attached hydrogens (tertiary/aromatic N) is 3. The summed E-state index contributed by atoms with van der Waals surface area (Å²) in [6, 6.07) is 2.06. The smallest absolute Gasteiger partial charge is 0.0641 e. The first-order valence-electron chi connectivity index (χ1n) is 5.69. The molecule has 15 heavy (non-hydrogen) atoms. The minimum Gasteiger partial charge on any atom is -0.271 e. The summed E-state index contributed by atoms with van der Waals surface area (Å²) in [6.45, 7) is 2.68. The Morgan fingerprint density at radius 1 is 1.33 bits per heavy atom. The van der Waals surface area contributed by atoms with E-state index in [-0.39, 0.29) is 0 Å². The molecule has 82 valence electrons. The van der Waals surface area contributed by atoms with E-state index in [1.165, 1.54) is 32.1 Å². The third-order valence-corrected chi connectivity index (χ3v) is 2.47. The molecule has 0 saturated heterocycles. The van der Waals surface area contributed by atoms with Crippen LogP contribution in [0.5, 0.6) is 0 Å². The molecule has 0 spiro atoms. The van der Waals surface area contributed by atoms with Crippen LogP contribution in [-0.2, 0) is 6.54 Å². The molecule has 0 bridgehead atoms. The second-order valence-corrected chi connectivity index (χ2v) is 3.96. The first-order chi connectivity index (χ1) is 7.33. The molecule has 1 aromatic rings. The van der Waals surface area contributed by atoms with Gasteiger partial charge in [-0.25, -0.2) is 0 Å². The molecule has 0 amide bonds. The summed E-state index contributed by atoms with van der Waals surface area (Å²) in [5.41, 5.74) is 1.14. The Morgan fingerprint density at radius 2 is 1.93 bits per heavy atom. The number of aromatic nitrogens is 2. The van der Waals surface area contributed by atoms with E-state index in [9.17, 15) is 0 Å². The van der Waals surface area contributed by atoms with E-state index in [4.69, 9.17) is 5.26 Å². The normalized spacial score (nSPS) is 14.1. The molecule has 1 saturated carbocycles. The van der Waals surface area contributed by atoms with E-state index >= 15 is 0 Å². The van der Waals surface area contributed by atoms with Gasteiger partial charge in [0.2, 0.25) is 0 Å². The highest BCUT2D eigenvalue weighted by atomic mass is 15.3. The SMILES string of the molecule is C1CCCC1.Cc1cnn(CCC#N)c1. The van der Waals surface area contributed by atoms with Gasteiger partial charge in [0.1, 0.15) is 0 Å². The van der Waals surface area contributed by atoms with Gasteiger partial charge in [-0.05, 0) is 12.5 Å². The number of aryl methyl sites for hydroxylation is 2. The maximum atomic E-state index is 8.24. The number of nitriles is 1. The van der Waals surface area contributed by atoms with Crippen LogP contribution >= 0.6 is 0 Å². The van der Waals surface area contributed by atoms with Crippen LogP contribution in [0.3, 0.4) is 0 Å². The van der Waals surface area contributed by atoms with Gasteiger partial charge in [-0.2, -0.15) is 10.4 Å². The lowest BCUT2D eigenvalue weighted by molar-refractivity contribution is 0.627. The van der Waals surface area contributed by atoms with Gasteiger partial charge < -0.3 is 0 Å². The van der Waals surface area contributed by atoms with E-state index in [2.05, 4.69) is 11.2 Å². The second-order valence-electron chi connectivity index (χ2n) is 3.96. The van der Waals surface area contributed by atoms with E-state index in [1.54, 1.807) is 10.9 Å². The predicted molar refractivity (Wildman–Crippen MR) is 60.3 cm³/mol. The van der Waals surface area contributed by atoms with Crippen LogP contribution in [0, 0.1) is 18.3 Å². The molecule has 2 rings (SSSR count). The summed E-state index contributed by atoms with van der Waals surface area (Å²) < 4.78 is 1.78. The molecule has 1 aliphatic rings. The lowest BCUT2D eigenvalue weighted by Crippen LogP contribution is -1.96. The largest absolute Gasteiger partial charge is 0.271 e. The van der Waals surface area contributed by atoms with Gasteiger partial charge in [-0.15, -0.1) is 0 Å². The Hall–Kier alpha value is -1.30. The summed E-state index contributed by atoms with van der Waals surface area (Å²) in [5, 5.41) is 12.3. The molecule has 0 atom stereocenters. The zero-order valence-electron chi connectivity index (χ0n) is 9.45. The topological polar surface area (TPSA) is 41.6 Å². The number of hydrogen-bond acceptors (Lipinski definition) is 2. The average molecular weight is 205 g/mol. The minimum atomic E-state index is 0.529. The molecule has 0 radical (unpaired) electrons. The van der Waals surface area contributed by atoms with Crippen LogP contribution in [0.25, 0.3) is 0 Å². The van der Waals surface area contributed by atoms with E-state index < -0.39 is 0 Å². The first kappa shape index (κ1) is 11.8. The van der Waals surface area contributed by atoms with Gasteiger partial charge in [0.05, 0.1) is 25.2 Å². The van der Waals surface area contributed by atoms with Crippen molar-refractivity contribution in [2.75, 3.05) is 0 Å². The van der Waals surface area contributed by atoms with Crippen LogP contribution in [0.15, 0.2) is 12.4 Å². The van der Waals surface area contributed by atoms with Crippen molar-refractivity contribution >= 4 is 0 Å². The van der Waals surface area contributed by atoms with Crippen molar-refractivity contribution in [1.82, 2.24) is 9.78 Å². The lowest BCUT2D eigenvalue weighted by atomic mass is 10.4. The van der Waals surface area contributed by atoms with Crippen LogP contribution in [0.2, 0.25) is 0 Å². The highest BCUT2D eigenvalue weighted by Gasteiger charge is 1.95. The van der Waals surface area contributed by atoms with Crippen LogP contribution < -0.4 is 0 Å². The number of hydrogen-bond donors (Lipinski definition) is 0. The highest BCUT2D eigenvalue weighted by molar-refractivity contribution is 4.99. The minimum absolute atomic E-state index is 0.529. The monoisotopic (exact) mass is 205 g/mol. The zero-order valence-corrected chi connectivity index (χ0v) is 9.45. The Kier molecular flexibility index (Phi) is 5.54. The van der Waals surface area contributed by atoms with Crippen molar-refractivity contribution < 1.29 is 0 Å². The van der Waals surface area contributed by atoms with E-state index in [0.29, 0.717) is 13.0 Å². The van der Waals surface area contributed by atoms with Crippen molar-refractivity contribution in [2.45, 2.75) is 52.0 Å². The van der Waals surface area contributed by atoms with Crippen molar-refractivity contribution in [1.29, 1.82) is 5.26 Å². The summed E-state index contributed by atoms with van der Waals surface area (Å²) in [4.78, 5) is 0. The van der Waals surface area contributed by atoms with Crippen molar-refractivity contribution in [2.24, 2.45) is 0 Å². The zero-order chi connectivity index (χ0) is 10.9. The molecular formula is C12H19N3. The molecule has 3 nitrogen and oxygen atoms in total. The quantitative estimate of drug-likeness (QED) is 0.744. The third-order valence-electron chi connectivity index (χ3n) is 2.47. The van der Waals surface area contributed by atoms with E-state index in [0.717, 1.165) is 5.56 Å². The van der Waals surface area contributed by atoms with Gasteiger partial charge in [-0.1, -0.05) is 32.1 Å². The summed E-state index contributed by atoms with van der Waals surface area (Å²) >= 11 is 0. The van der Waals surface area contributed by atoms with Crippen molar-refractivity contribution in [3.8, 4) is 6.07 Å². The predicted octanol–water partition coefficient (Wildman–Crippen LogP) is 3.06. The Labute approximate surface area is 91.7 Å². The molecular weight excluding hydrogens is 186 g/mol. The van der Waals surface area contributed by atoms with Crippen LogP contribution in [0.1, 0.15) is 44.1 Å². The summed E-state index contributed by atoms with van der Waals surface area (Å²) in [5.74, 6) is 0. The van der Waals surface area contributed by atoms with Gasteiger partial charge in [0.15, 0.2) is 0 Å². The molecule has 3 heteroatoms. The Morgan fingerprint density at radius 3 is 2.33 bits per heavy atom. The Balaban J connectivity index is 0.000000187. The molecule has 1 aromatic heterocycles. The average Bonchev–Trinajstić information content (AvgIpc) is 2.88. The number of rotatable bonds is 2. The molecule has 0 aromatic carbocycles. The van der Waals surface area contributed by atoms with Gasteiger partial charge in [0, 0.05) is 6.20 Å². The molecule has 1 aliphatic carbocycles. The lowest BCUT2D eigenvalue weighted by Gasteiger charge is -1.92. The maximum Gasteiger partial charge on any atom is 0.0641 e. The highest BCUT2D eigenvalue weighted by Crippen LogP contribution is 2.15. The molecule has 0 aliphatic heterocycles. The van der Waals surface area contributed by atoms with Gasteiger partial charge in [-0.3, -0.25) is 4.68 Å². The summed E-state index contributed by atoms with van der Waals surface area (Å²) in [6.07, 6.45) is 11.7. The van der Waals surface area contributed by atoms with Gasteiger partial charge >= 0.3 is 0 Å². The molecule has 0 unspecified atom stereocenters. The van der Waals surface area contributed by atoms with Crippen molar-refractivity contribution in [3.63, 3.8) is 0 Å². The fraction of sp³-hybridized carbons (Fsp3) is 0.667. The van der Waals surface area contributed by atoms with Gasteiger partial charge in [0.25, 0.3) is 0 Å². The first-order valence-corrected chi connectivity index (χ1v) is 5.69. The Bertz CT molecular complexity index is 297. The molecule has 1 heterocycles. The van der Waals surface area contributed by atoms with E-state index in [1.807, 2.05) is 13.1 Å². The fourth-order valence-electron chi connectivity index (χ4n) is 1.64. The van der Waals surface area contributed by atoms with Crippen molar-refractivity contribution in [3.05, 3.63) is 18.0 Å². The molecule has 1 fully saturated rings. The second kappa shape index (κ2) is 7.05. The fourth-order valence-corrected chi connectivity index (χ4v) is 1.64. The van der Waals surface area contributed by atoms with Crippen LogP contribution in [-0.4, -0.2) is 9.78 Å². The standard InChI is InChI=1S/C7H9N3.C5H10/c1-7-5-9-10(6-7)4-2-3-8;1-2-4-5-3-1/h5-6H,2,4H2,1H3;1-5H2. The third kappa shape index (κ3) is 5.21. The van der Waals surface area contributed by atoms with Crippen LogP contribution in [0.4, 0.5) is 0 Å².